The molecule has 6 heteroatoms. The summed E-state index contributed by atoms with van der Waals surface area (Å²) in [6, 6.07) is 13.4. The first-order valence-electron chi connectivity index (χ1n) is 9.00. The van der Waals surface area contributed by atoms with Crippen LogP contribution in [0.3, 0.4) is 0 Å². The molecule has 27 heavy (non-hydrogen) atoms. The van der Waals surface area contributed by atoms with Crippen molar-refractivity contribution < 1.29 is 14.3 Å². The van der Waals surface area contributed by atoms with Crippen LogP contribution >= 0.6 is 0 Å². The van der Waals surface area contributed by atoms with Gasteiger partial charge in [-0.05, 0) is 42.7 Å². The minimum absolute atomic E-state index is 0.0854. The Balaban J connectivity index is 1.96. The average Bonchev–Trinajstić information content (AvgIpc) is 2.66. The van der Waals surface area contributed by atoms with Gasteiger partial charge in [0, 0.05) is 12.6 Å². The molecule has 0 heterocycles. The van der Waals surface area contributed by atoms with Crippen molar-refractivity contribution in [2.45, 2.75) is 33.2 Å². The molecule has 0 saturated heterocycles. The summed E-state index contributed by atoms with van der Waals surface area (Å²) in [6.07, 6.45) is 0.990. The second-order valence-electron chi connectivity index (χ2n) is 6.33. The number of hydrogen-bond donors (Lipinski definition) is 3. The van der Waals surface area contributed by atoms with Crippen LogP contribution in [0, 0.1) is 0 Å². The lowest BCUT2D eigenvalue weighted by atomic mass is 10.1. The lowest BCUT2D eigenvalue weighted by Gasteiger charge is -2.17. The standard InChI is InChI=1S/C21H27N3O3/c1-5-16-6-8-17(9-7-16)14(2)23-21(26)13-22-19-12-18(24-15(3)25)10-11-20(19)27-4/h6-12,14,22H,5,13H2,1-4H3,(H,23,26)(H,24,25). The van der Waals surface area contributed by atoms with Gasteiger partial charge in [-0.15, -0.1) is 0 Å². The van der Waals surface area contributed by atoms with Gasteiger partial charge < -0.3 is 20.7 Å². The van der Waals surface area contributed by atoms with Crippen molar-refractivity contribution in [2.24, 2.45) is 0 Å². The first kappa shape index (κ1) is 20.3. The Kier molecular flexibility index (Phi) is 7.23. The van der Waals surface area contributed by atoms with E-state index in [0.29, 0.717) is 17.1 Å². The van der Waals surface area contributed by atoms with Crippen LogP contribution in [-0.2, 0) is 16.0 Å². The molecule has 1 atom stereocenters. The Bertz CT molecular complexity index is 788. The van der Waals surface area contributed by atoms with E-state index >= 15 is 0 Å². The highest BCUT2D eigenvalue weighted by atomic mass is 16.5. The summed E-state index contributed by atoms with van der Waals surface area (Å²) in [6.45, 7) is 5.61. The fourth-order valence-electron chi connectivity index (χ4n) is 2.72. The molecule has 0 bridgehead atoms. The number of carbonyl (C=O) groups is 2. The summed E-state index contributed by atoms with van der Waals surface area (Å²) in [7, 11) is 1.56. The first-order valence-corrected chi connectivity index (χ1v) is 9.00. The highest BCUT2D eigenvalue weighted by molar-refractivity contribution is 5.90. The van der Waals surface area contributed by atoms with Gasteiger partial charge in [0.2, 0.25) is 11.8 Å². The zero-order valence-corrected chi connectivity index (χ0v) is 16.3. The maximum absolute atomic E-state index is 12.3. The molecule has 0 aliphatic rings. The molecule has 144 valence electrons. The van der Waals surface area contributed by atoms with Gasteiger partial charge in [0.25, 0.3) is 0 Å². The summed E-state index contributed by atoms with van der Waals surface area (Å²) >= 11 is 0. The second-order valence-corrected chi connectivity index (χ2v) is 6.33. The Labute approximate surface area is 160 Å². The summed E-state index contributed by atoms with van der Waals surface area (Å²) < 4.78 is 5.30. The van der Waals surface area contributed by atoms with Gasteiger partial charge in [0.05, 0.1) is 25.4 Å². The number of amides is 2. The number of anilines is 2. The SMILES string of the molecule is CCc1ccc(C(C)NC(=O)CNc2cc(NC(C)=O)ccc2OC)cc1. The molecule has 3 N–H and O–H groups in total. The fourth-order valence-corrected chi connectivity index (χ4v) is 2.72. The van der Waals surface area contributed by atoms with Gasteiger partial charge in [-0.25, -0.2) is 0 Å². The number of nitrogens with one attached hydrogen (secondary N) is 3. The molecular weight excluding hydrogens is 342 g/mol. The van der Waals surface area contributed by atoms with Gasteiger partial charge in [0.1, 0.15) is 5.75 Å². The number of ether oxygens (including phenoxy) is 1. The third-order valence-electron chi connectivity index (χ3n) is 4.22. The van der Waals surface area contributed by atoms with Crippen LogP contribution in [0.1, 0.15) is 37.9 Å². The smallest absolute Gasteiger partial charge is 0.239 e. The topological polar surface area (TPSA) is 79.5 Å². The van der Waals surface area contributed by atoms with Gasteiger partial charge in [-0.1, -0.05) is 31.2 Å². The molecule has 0 spiro atoms. The number of methoxy groups -OCH3 is 1. The lowest BCUT2D eigenvalue weighted by molar-refractivity contribution is -0.120. The molecule has 2 rings (SSSR count). The Morgan fingerprint density at radius 1 is 1.11 bits per heavy atom. The third kappa shape index (κ3) is 6.02. The van der Waals surface area contributed by atoms with E-state index in [9.17, 15) is 9.59 Å². The van der Waals surface area contributed by atoms with Crippen LogP contribution in [0.4, 0.5) is 11.4 Å². The molecular formula is C21H27N3O3. The van der Waals surface area contributed by atoms with Crippen molar-refractivity contribution in [3.8, 4) is 5.75 Å². The summed E-state index contributed by atoms with van der Waals surface area (Å²) in [5.74, 6) is 0.306. The van der Waals surface area contributed by atoms with E-state index in [1.165, 1.54) is 12.5 Å². The molecule has 1 unspecified atom stereocenters. The van der Waals surface area contributed by atoms with Crippen molar-refractivity contribution in [3.05, 3.63) is 53.6 Å². The van der Waals surface area contributed by atoms with Gasteiger partial charge >= 0.3 is 0 Å². The number of carbonyl (C=O) groups excluding carboxylic acids is 2. The van der Waals surface area contributed by atoms with E-state index in [0.717, 1.165) is 12.0 Å². The molecule has 0 saturated carbocycles. The number of rotatable bonds is 8. The van der Waals surface area contributed by atoms with E-state index in [-0.39, 0.29) is 24.4 Å². The monoisotopic (exact) mass is 369 g/mol. The van der Waals surface area contributed by atoms with E-state index in [1.54, 1.807) is 25.3 Å². The largest absolute Gasteiger partial charge is 0.495 e. The summed E-state index contributed by atoms with van der Waals surface area (Å²) in [4.78, 5) is 23.5. The molecule has 0 aliphatic carbocycles. The van der Waals surface area contributed by atoms with Crippen LogP contribution in [0.15, 0.2) is 42.5 Å². The normalized spacial score (nSPS) is 11.4. The predicted octanol–water partition coefficient (Wildman–Crippen LogP) is 3.51. The summed E-state index contributed by atoms with van der Waals surface area (Å²) in [5, 5.41) is 8.75. The molecule has 2 aromatic carbocycles. The zero-order chi connectivity index (χ0) is 19.8. The summed E-state index contributed by atoms with van der Waals surface area (Å²) in [5.41, 5.74) is 3.60. The predicted molar refractivity (Wildman–Crippen MR) is 108 cm³/mol. The number of hydrogen-bond acceptors (Lipinski definition) is 4. The minimum Gasteiger partial charge on any atom is -0.495 e. The Morgan fingerprint density at radius 2 is 1.81 bits per heavy atom. The lowest BCUT2D eigenvalue weighted by Crippen LogP contribution is -2.32. The molecule has 2 aromatic rings. The van der Waals surface area contributed by atoms with Gasteiger partial charge in [-0.2, -0.15) is 0 Å². The van der Waals surface area contributed by atoms with Crippen LogP contribution in [0.25, 0.3) is 0 Å². The van der Waals surface area contributed by atoms with Crippen molar-refractivity contribution in [1.29, 1.82) is 0 Å². The average molecular weight is 369 g/mol. The van der Waals surface area contributed by atoms with Gasteiger partial charge in [0.15, 0.2) is 0 Å². The molecule has 0 radical (unpaired) electrons. The molecule has 0 aliphatic heterocycles. The third-order valence-corrected chi connectivity index (χ3v) is 4.22. The van der Waals surface area contributed by atoms with Gasteiger partial charge in [-0.3, -0.25) is 9.59 Å². The van der Waals surface area contributed by atoms with E-state index < -0.39 is 0 Å². The second kappa shape index (κ2) is 9.62. The molecule has 0 fully saturated rings. The number of benzene rings is 2. The van der Waals surface area contributed by atoms with Crippen molar-refractivity contribution in [3.63, 3.8) is 0 Å². The highest BCUT2D eigenvalue weighted by Crippen LogP contribution is 2.27. The van der Waals surface area contributed by atoms with Crippen molar-refractivity contribution in [2.75, 3.05) is 24.3 Å². The maximum atomic E-state index is 12.3. The quantitative estimate of drug-likeness (QED) is 0.665. The van der Waals surface area contributed by atoms with Crippen LogP contribution in [0.2, 0.25) is 0 Å². The fraction of sp³-hybridized carbons (Fsp3) is 0.333. The zero-order valence-electron chi connectivity index (χ0n) is 16.3. The van der Waals surface area contributed by atoms with Crippen LogP contribution in [-0.4, -0.2) is 25.5 Å². The van der Waals surface area contributed by atoms with E-state index in [2.05, 4.69) is 35.0 Å². The Hall–Kier alpha value is -3.02. The Morgan fingerprint density at radius 3 is 2.41 bits per heavy atom. The van der Waals surface area contributed by atoms with Crippen LogP contribution < -0.4 is 20.7 Å². The highest BCUT2D eigenvalue weighted by Gasteiger charge is 2.11. The maximum Gasteiger partial charge on any atom is 0.239 e. The first-order chi connectivity index (χ1) is 12.9. The van der Waals surface area contributed by atoms with E-state index in [1.807, 2.05) is 19.1 Å². The molecule has 6 nitrogen and oxygen atoms in total. The minimum atomic E-state index is -0.160. The van der Waals surface area contributed by atoms with E-state index in [4.69, 9.17) is 4.74 Å². The van der Waals surface area contributed by atoms with Crippen molar-refractivity contribution >= 4 is 23.2 Å². The molecule has 2 amide bonds. The van der Waals surface area contributed by atoms with Crippen molar-refractivity contribution in [1.82, 2.24) is 5.32 Å². The van der Waals surface area contributed by atoms with Crippen LogP contribution in [0.5, 0.6) is 5.75 Å². The number of aryl methyl sites for hydroxylation is 1. The molecule has 0 aromatic heterocycles.